The van der Waals surface area contributed by atoms with Gasteiger partial charge in [0, 0.05) is 32.8 Å². The van der Waals surface area contributed by atoms with Crippen molar-refractivity contribution in [1.82, 2.24) is 9.80 Å². The third-order valence-corrected chi connectivity index (χ3v) is 3.03. The highest BCUT2D eigenvalue weighted by atomic mass is 32.1. The van der Waals surface area contributed by atoms with Crippen molar-refractivity contribution in [1.29, 1.82) is 0 Å². The molecule has 90 valence electrons. The number of nitrogens with zero attached hydrogens (tertiary/aromatic N) is 2. The molecule has 1 heterocycles. The molecule has 0 aromatic carbocycles. The zero-order valence-electron chi connectivity index (χ0n) is 9.72. The molecule has 3 nitrogen and oxygen atoms in total. The Morgan fingerprint density at radius 3 is 2.62 bits per heavy atom. The maximum atomic E-state index is 5.63. The summed E-state index contributed by atoms with van der Waals surface area (Å²) < 4.78 is 0. The summed E-state index contributed by atoms with van der Waals surface area (Å²) in [6.45, 7) is 12.3. The van der Waals surface area contributed by atoms with Crippen LogP contribution < -0.4 is 5.73 Å². The van der Waals surface area contributed by atoms with Crippen molar-refractivity contribution in [3.05, 3.63) is 37.1 Å². The van der Waals surface area contributed by atoms with Gasteiger partial charge >= 0.3 is 0 Å². The molecule has 1 aliphatic heterocycles. The number of rotatable bonds is 3. The van der Waals surface area contributed by atoms with Crippen LogP contribution >= 0.6 is 12.2 Å². The molecule has 1 rings (SSSR count). The van der Waals surface area contributed by atoms with E-state index in [4.69, 9.17) is 18.0 Å². The van der Waals surface area contributed by atoms with E-state index in [1.54, 1.807) is 6.08 Å². The minimum atomic E-state index is 0. The monoisotopic (exact) mass is 239 g/mol. The third-order valence-electron chi connectivity index (χ3n) is 2.77. The van der Waals surface area contributed by atoms with E-state index >= 15 is 0 Å². The Morgan fingerprint density at radius 1 is 1.50 bits per heavy atom. The van der Waals surface area contributed by atoms with Gasteiger partial charge in [0.2, 0.25) is 0 Å². The van der Waals surface area contributed by atoms with Crippen molar-refractivity contribution >= 4 is 17.3 Å². The smallest absolute Gasteiger partial charge is 0.166 e. The SMILES string of the molecule is C=C/C=C(\C=C)N1CCN(C(N)=S)CC1C.[HH]. The van der Waals surface area contributed by atoms with Gasteiger partial charge in [-0.05, 0) is 31.3 Å². The van der Waals surface area contributed by atoms with Crippen LogP contribution in [0.2, 0.25) is 0 Å². The molecule has 0 radical (unpaired) electrons. The van der Waals surface area contributed by atoms with Gasteiger partial charge in [-0.15, -0.1) is 0 Å². The number of allylic oxidation sites excluding steroid dienone is 3. The van der Waals surface area contributed by atoms with Gasteiger partial charge in [-0.1, -0.05) is 19.2 Å². The lowest BCUT2D eigenvalue weighted by Crippen LogP contribution is -2.54. The molecule has 16 heavy (non-hydrogen) atoms. The highest BCUT2D eigenvalue weighted by Gasteiger charge is 2.24. The first kappa shape index (κ1) is 12.8. The lowest BCUT2D eigenvalue weighted by Gasteiger charge is -2.42. The average molecular weight is 239 g/mol. The Bertz CT molecular complexity index is 328. The zero-order valence-corrected chi connectivity index (χ0v) is 10.5. The fourth-order valence-electron chi connectivity index (χ4n) is 1.94. The molecule has 0 bridgehead atoms. The summed E-state index contributed by atoms with van der Waals surface area (Å²) in [5.41, 5.74) is 6.73. The Morgan fingerprint density at radius 2 is 2.19 bits per heavy atom. The molecule has 0 spiro atoms. The normalized spacial score (nSPS) is 21.8. The van der Waals surface area contributed by atoms with E-state index in [0.29, 0.717) is 11.2 Å². The number of piperazine rings is 1. The Balaban J connectivity index is 0.00000256. The number of thiocarbonyl (C=S) groups is 1. The first-order valence-electron chi connectivity index (χ1n) is 5.36. The van der Waals surface area contributed by atoms with Crippen molar-refractivity contribution in [2.45, 2.75) is 13.0 Å². The summed E-state index contributed by atoms with van der Waals surface area (Å²) in [6.07, 6.45) is 5.61. The van der Waals surface area contributed by atoms with Crippen LogP contribution in [-0.4, -0.2) is 40.6 Å². The van der Waals surface area contributed by atoms with Crippen molar-refractivity contribution in [3.8, 4) is 0 Å². The van der Waals surface area contributed by atoms with Gasteiger partial charge in [0.1, 0.15) is 0 Å². The van der Waals surface area contributed by atoms with E-state index in [1.807, 2.05) is 17.1 Å². The molecule has 1 atom stereocenters. The van der Waals surface area contributed by atoms with Crippen LogP contribution in [0.4, 0.5) is 0 Å². The molecule has 2 N–H and O–H groups in total. The zero-order chi connectivity index (χ0) is 12.1. The molecule has 1 aliphatic rings. The molecule has 1 unspecified atom stereocenters. The van der Waals surface area contributed by atoms with Gasteiger partial charge < -0.3 is 15.5 Å². The van der Waals surface area contributed by atoms with Gasteiger partial charge in [0.05, 0.1) is 0 Å². The Hall–Kier alpha value is -1.29. The second kappa shape index (κ2) is 5.70. The van der Waals surface area contributed by atoms with Crippen LogP contribution in [0.1, 0.15) is 8.35 Å². The molecular formula is C12H21N3S. The van der Waals surface area contributed by atoms with Crippen LogP contribution in [0.5, 0.6) is 0 Å². The topological polar surface area (TPSA) is 32.5 Å². The van der Waals surface area contributed by atoms with E-state index in [-0.39, 0.29) is 1.43 Å². The van der Waals surface area contributed by atoms with E-state index in [2.05, 4.69) is 25.0 Å². The van der Waals surface area contributed by atoms with Crippen LogP contribution in [0, 0.1) is 0 Å². The molecule has 0 aromatic rings. The first-order chi connectivity index (χ1) is 7.60. The predicted molar refractivity (Wildman–Crippen MR) is 75.1 cm³/mol. The van der Waals surface area contributed by atoms with E-state index in [1.165, 1.54) is 0 Å². The lowest BCUT2D eigenvalue weighted by atomic mass is 10.1. The summed E-state index contributed by atoms with van der Waals surface area (Å²) in [6, 6.07) is 0.374. The highest BCUT2D eigenvalue weighted by Crippen LogP contribution is 2.16. The van der Waals surface area contributed by atoms with Gasteiger partial charge in [-0.3, -0.25) is 0 Å². The minimum Gasteiger partial charge on any atom is -0.376 e. The Labute approximate surface area is 104 Å². The van der Waals surface area contributed by atoms with Crippen molar-refractivity contribution < 1.29 is 1.43 Å². The lowest BCUT2D eigenvalue weighted by molar-refractivity contribution is 0.165. The van der Waals surface area contributed by atoms with Gasteiger partial charge in [0.25, 0.3) is 0 Å². The van der Waals surface area contributed by atoms with Crippen LogP contribution in [0.25, 0.3) is 0 Å². The molecule has 0 saturated carbocycles. The van der Waals surface area contributed by atoms with Crippen LogP contribution in [0.3, 0.4) is 0 Å². The number of hydrogen-bond donors (Lipinski definition) is 1. The molecule has 0 amide bonds. The molecule has 0 aromatic heterocycles. The number of nitrogens with two attached hydrogens (primary N) is 1. The molecular weight excluding hydrogens is 218 g/mol. The molecule has 1 fully saturated rings. The van der Waals surface area contributed by atoms with Gasteiger partial charge in [-0.2, -0.15) is 0 Å². The van der Waals surface area contributed by atoms with Gasteiger partial charge in [0.15, 0.2) is 5.11 Å². The second-order valence-electron chi connectivity index (χ2n) is 3.86. The van der Waals surface area contributed by atoms with Crippen molar-refractivity contribution in [2.24, 2.45) is 5.73 Å². The summed E-state index contributed by atoms with van der Waals surface area (Å²) in [7, 11) is 0. The quantitative estimate of drug-likeness (QED) is 0.600. The standard InChI is InChI=1S/C12H19N3S.H2/c1-4-6-11(5-2)15-8-7-14(12(13)16)9-10(15)3;/h4-6,10H,1-2,7-9H2,3H3,(H2,13,16);1H/b11-6+;. The molecule has 4 heteroatoms. The summed E-state index contributed by atoms with van der Waals surface area (Å²) >= 11 is 4.99. The summed E-state index contributed by atoms with van der Waals surface area (Å²) in [5.74, 6) is 0. The summed E-state index contributed by atoms with van der Waals surface area (Å²) in [5, 5.41) is 0.486. The molecule has 1 saturated heterocycles. The van der Waals surface area contributed by atoms with E-state index in [9.17, 15) is 0 Å². The second-order valence-corrected chi connectivity index (χ2v) is 4.28. The maximum absolute atomic E-state index is 5.63. The largest absolute Gasteiger partial charge is 0.376 e. The predicted octanol–water partition coefficient (Wildman–Crippen LogP) is 1.74. The van der Waals surface area contributed by atoms with Crippen molar-refractivity contribution in [3.63, 3.8) is 0 Å². The third kappa shape index (κ3) is 2.85. The fraction of sp³-hybridized carbons (Fsp3) is 0.417. The molecule has 0 aliphatic carbocycles. The first-order valence-corrected chi connectivity index (χ1v) is 5.77. The highest BCUT2D eigenvalue weighted by molar-refractivity contribution is 7.80. The minimum absolute atomic E-state index is 0. The Kier molecular flexibility index (Phi) is 4.55. The maximum Gasteiger partial charge on any atom is 0.166 e. The number of hydrogen-bond acceptors (Lipinski definition) is 2. The van der Waals surface area contributed by atoms with Crippen LogP contribution in [-0.2, 0) is 0 Å². The van der Waals surface area contributed by atoms with Gasteiger partial charge in [-0.25, -0.2) is 0 Å². The fourth-order valence-corrected chi connectivity index (χ4v) is 2.11. The average Bonchev–Trinajstić information content (AvgIpc) is 2.26. The van der Waals surface area contributed by atoms with E-state index < -0.39 is 0 Å². The van der Waals surface area contributed by atoms with Crippen LogP contribution in [0.15, 0.2) is 37.1 Å². The van der Waals surface area contributed by atoms with Crippen molar-refractivity contribution in [2.75, 3.05) is 19.6 Å². The summed E-state index contributed by atoms with van der Waals surface area (Å²) in [4.78, 5) is 4.33. The van der Waals surface area contributed by atoms with E-state index in [0.717, 1.165) is 25.3 Å².